The van der Waals surface area contributed by atoms with Crippen molar-refractivity contribution in [3.63, 3.8) is 0 Å². The lowest BCUT2D eigenvalue weighted by molar-refractivity contribution is -0.155. The Morgan fingerprint density at radius 3 is 2.65 bits per heavy atom. The van der Waals surface area contributed by atoms with Crippen LogP contribution in [0.3, 0.4) is 0 Å². The van der Waals surface area contributed by atoms with E-state index in [1.807, 2.05) is 0 Å². The van der Waals surface area contributed by atoms with E-state index in [2.05, 4.69) is 22.2 Å². The number of amides is 3. The highest BCUT2D eigenvalue weighted by atomic mass is 35.5. The summed E-state index contributed by atoms with van der Waals surface area (Å²) < 4.78 is 0. The standard InChI is InChI=1S/C26H32ClN5O4S/c1-30-10-3-4-18(14-30)12-20(24(35)25-28-9-11-37-25)29-22(33)15-32-21(26(36)31(2)16-23(32)34)13-17-5-7-19(27)8-6-17/h5-9,11,18,20-21H,3-4,10,12-16H2,1-2H3,(H,29,33)/t18?,20-,21-/m0/s1. The zero-order valence-electron chi connectivity index (χ0n) is 21.1. The van der Waals surface area contributed by atoms with Gasteiger partial charge in [-0.2, -0.15) is 0 Å². The van der Waals surface area contributed by atoms with Crippen LogP contribution in [0.4, 0.5) is 0 Å². The number of hydrogen-bond donors (Lipinski definition) is 1. The van der Waals surface area contributed by atoms with Gasteiger partial charge in [-0.15, -0.1) is 11.3 Å². The van der Waals surface area contributed by atoms with Gasteiger partial charge in [-0.05, 0) is 56.5 Å². The SMILES string of the molecule is CN1CCCC(C[C@H](NC(=O)CN2C(=O)CN(C)C(=O)[C@@H]2Cc2ccc(Cl)cc2)C(=O)c2nccs2)C1. The highest BCUT2D eigenvalue weighted by Crippen LogP contribution is 2.23. The first-order valence-corrected chi connectivity index (χ1v) is 13.7. The average molecular weight is 546 g/mol. The molecular weight excluding hydrogens is 514 g/mol. The molecule has 2 aromatic rings. The lowest BCUT2D eigenvalue weighted by atomic mass is 9.90. The molecule has 4 rings (SSSR count). The summed E-state index contributed by atoms with van der Waals surface area (Å²) in [5.41, 5.74) is 0.828. The van der Waals surface area contributed by atoms with Crippen molar-refractivity contribution in [3.8, 4) is 0 Å². The highest BCUT2D eigenvalue weighted by molar-refractivity contribution is 7.11. The molecule has 11 heteroatoms. The molecule has 198 valence electrons. The first-order valence-electron chi connectivity index (χ1n) is 12.4. The summed E-state index contributed by atoms with van der Waals surface area (Å²) in [5.74, 6) is -0.977. The van der Waals surface area contributed by atoms with Crippen LogP contribution in [0, 0.1) is 5.92 Å². The molecule has 3 amide bonds. The predicted molar refractivity (Wildman–Crippen MR) is 142 cm³/mol. The van der Waals surface area contributed by atoms with Crippen LogP contribution in [0.5, 0.6) is 0 Å². The number of aromatic nitrogens is 1. The second kappa shape index (κ2) is 12.1. The molecular formula is C26H32ClN5O4S. The predicted octanol–water partition coefficient (Wildman–Crippen LogP) is 2.11. The zero-order chi connectivity index (χ0) is 26.5. The first-order chi connectivity index (χ1) is 17.7. The average Bonchev–Trinajstić information content (AvgIpc) is 3.40. The maximum absolute atomic E-state index is 13.3. The molecule has 1 N–H and O–H groups in total. The number of piperazine rings is 1. The molecule has 2 aliphatic rings. The fourth-order valence-electron chi connectivity index (χ4n) is 5.09. The van der Waals surface area contributed by atoms with E-state index in [4.69, 9.17) is 11.6 Å². The normalized spacial score (nSPS) is 21.7. The number of ketones is 1. The van der Waals surface area contributed by atoms with Crippen LogP contribution in [0.25, 0.3) is 0 Å². The monoisotopic (exact) mass is 545 g/mol. The smallest absolute Gasteiger partial charge is 0.245 e. The molecule has 1 unspecified atom stereocenters. The fraction of sp³-hybridized carbons (Fsp3) is 0.500. The number of nitrogens with one attached hydrogen (secondary N) is 1. The Hall–Kier alpha value is -2.82. The number of hydrogen-bond acceptors (Lipinski definition) is 7. The second-order valence-corrected chi connectivity index (χ2v) is 11.2. The molecule has 0 aliphatic carbocycles. The molecule has 3 heterocycles. The van der Waals surface area contributed by atoms with Crippen LogP contribution in [-0.2, 0) is 20.8 Å². The zero-order valence-corrected chi connectivity index (χ0v) is 22.6. The molecule has 2 fully saturated rings. The van der Waals surface area contributed by atoms with Crippen molar-refractivity contribution in [3.05, 3.63) is 51.4 Å². The summed E-state index contributed by atoms with van der Waals surface area (Å²) in [7, 11) is 3.63. The van der Waals surface area contributed by atoms with Crippen molar-refractivity contribution < 1.29 is 19.2 Å². The Morgan fingerprint density at radius 1 is 1.22 bits per heavy atom. The molecule has 3 atom stereocenters. The van der Waals surface area contributed by atoms with E-state index in [9.17, 15) is 19.2 Å². The Kier molecular flexibility index (Phi) is 8.94. The number of nitrogens with zero attached hydrogens (tertiary/aromatic N) is 4. The Bertz CT molecular complexity index is 1130. The minimum atomic E-state index is -0.821. The van der Waals surface area contributed by atoms with Crippen LogP contribution in [0.2, 0.25) is 5.02 Å². The van der Waals surface area contributed by atoms with E-state index in [-0.39, 0.29) is 43.0 Å². The van der Waals surface area contributed by atoms with E-state index < -0.39 is 18.0 Å². The molecule has 0 radical (unpaired) electrons. The van der Waals surface area contributed by atoms with Gasteiger partial charge in [0, 0.05) is 36.6 Å². The lowest BCUT2D eigenvalue weighted by Gasteiger charge is -2.39. The van der Waals surface area contributed by atoms with Gasteiger partial charge in [0.2, 0.25) is 23.5 Å². The van der Waals surface area contributed by atoms with Gasteiger partial charge in [-0.3, -0.25) is 19.2 Å². The van der Waals surface area contributed by atoms with E-state index in [1.54, 1.807) is 42.9 Å². The number of Topliss-reactive ketones (excluding diaryl/α,β-unsaturated/α-hetero) is 1. The van der Waals surface area contributed by atoms with E-state index in [0.717, 1.165) is 31.5 Å². The van der Waals surface area contributed by atoms with Crippen molar-refractivity contribution in [2.45, 2.75) is 37.8 Å². The lowest BCUT2D eigenvalue weighted by Crippen LogP contribution is -2.61. The van der Waals surface area contributed by atoms with Gasteiger partial charge < -0.3 is 20.0 Å². The number of benzene rings is 1. The summed E-state index contributed by atoms with van der Waals surface area (Å²) in [6, 6.07) is 5.49. The first kappa shape index (κ1) is 27.2. The number of rotatable bonds is 9. The molecule has 2 saturated heterocycles. The van der Waals surface area contributed by atoms with Gasteiger partial charge in [-0.1, -0.05) is 23.7 Å². The molecule has 9 nitrogen and oxygen atoms in total. The third kappa shape index (κ3) is 6.94. The number of likely N-dealkylation sites (tertiary alicyclic amines) is 1. The van der Waals surface area contributed by atoms with Crippen LogP contribution in [-0.4, -0.2) is 95.5 Å². The Balaban J connectivity index is 1.49. The van der Waals surface area contributed by atoms with Crippen LogP contribution in [0.15, 0.2) is 35.8 Å². The second-order valence-electron chi connectivity index (χ2n) is 9.89. The summed E-state index contributed by atoms with van der Waals surface area (Å²) in [5, 5.41) is 5.53. The summed E-state index contributed by atoms with van der Waals surface area (Å²) in [4.78, 5) is 61.6. The summed E-state index contributed by atoms with van der Waals surface area (Å²) >= 11 is 7.23. The van der Waals surface area contributed by atoms with Gasteiger partial charge in [0.05, 0.1) is 12.6 Å². The Labute approximate surface area is 225 Å². The van der Waals surface area contributed by atoms with Crippen LogP contribution >= 0.6 is 22.9 Å². The van der Waals surface area contributed by atoms with Crippen LogP contribution < -0.4 is 5.32 Å². The highest BCUT2D eigenvalue weighted by Gasteiger charge is 2.39. The summed E-state index contributed by atoms with van der Waals surface area (Å²) in [6.45, 7) is 1.47. The molecule has 37 heavy (non-hydrogen) atoms. The van der Waals surface area contributed by atoms with E-state index >= 15 is 0 Å². The Morgan fingerprint density at radius 2 is 1.97 bits per heavy atom. The number of likely N-dealkylation sites (N-methyl/N-ethyl adjacent to an activating group) is 1. The topological polar surface area (TPSA) is 103 Å². The molecule has 1 aromatic carbocycles. The number of thiazole rings is 1. The van der Waals surface area contributed by atoms with Crippen molar-refractivity contribution in [1.29, 1.82) is 0 Å². The maximum Gasteiger partial charge on any atom is 0.245 e. The van der Waals surface area contributed by atoms with Gasteiger partial charge in [0.15, 0.2) is 5.01 Å². The third-order valence-electron chi connectivity index (χ3n) is 6.97. The number of halogens is 1. The van der Waals surface area contributed by atoms with E-state index in [1.165, 1.54) is 21.1 Å². The van der Waals surface area contributed by atoms with Crippen molar-refractivity contribution >= 4 is 46.4 Å². The van der Waals surface area contributed by atoms with Gasteiger partial charge in [0.1, 0.15) is 12.6 Å². The van der Waals surface area contributed by atoms with Crippen molar-refractivity contribution in [1.82, 2.24) is 25.0 Å². The van der Waals surface area contributed by atoms with Crippen molar-refractivity contribution in [2.24, 2.45) is 5.92 Å². The number of piperidine rings is 1. The number of carbonyl (C=O) groups excluding carboxylic acids is 4. The van der Waals surface area contributed by atoms with Gasteiger partial charge in [0.25, 0.3) is 0 Å². The number of carbonyl (C=O) groups is 4. The molecule has 0 saturated carbocycles. The van der Waals surface area contributed by atoms with Crippen LogP contribution in [0.1, 0.15) is 34.6 Å². The quantitative estimate of drug-likeness (QED) is 0.484. The van der Waals surface area contributed by atoms with Gasteiger partial charge in [-0.25, -0.2) is 4.98 Å². The fourth-order valence-corrected chi connectivity index (χ4v) is 5.85. The molecule has 2 aliphatic heterocycles. The molecule has 1 aromatic heterocycles. The summed E-state index contributed by atoms with van der Waals surface area (Å²) in [6.07, 6.45) is 4.35. The van der Waals surface area contributed by atoms with Crippen molar-refractivity contribution in [2.75, 3.05) is 40.3 Å². The molecule has 0 spiro atoms. The minimum Gasteiger partial charge on any atom is -0.344 e. The third-order valence-corrected chi connectivity index (χ3v) is 8.01. The van der Waals surface area contributed by atoms with Gasteiger partial charge >= 0.3 is 0 Å². The maximum atomic E-state index is 13.3. The minimum absolute atomic E-state index is 0.0981. The largest absolute Gasteiger partial charge is 0.344 e. The van der Waals surface area contributed by atoms with E-state index in [0.29, 0.717) is 16.5 Å². The molecule has 0 bridgehead atoms.